The van der Waals surface area contributed by atoms with Gasteiger partial charge in [-0.05, 0) is 55.6 Å². The van der Waals surface area contributed by atoms with Crippen molar-refractivity contribution in [2.45, 2.75) is 32.1 Å². The predicted molar refractivity (Wildman–Crippen MR) is 116 cm³/mol. The first-order valence-electron chi connectivity index (χ1n) is 10.3. The average molecular weight is 415 g/mol. The minimum atomic E-state index is -0.442. The zero-order valence-electron chi connectivity index (χ0n) is 17.2. The molecule has 0 saturated heterocycles. The molecule has 0 aliphatic heterocycles. The first-order chi connectivity index (χ1) is 14.6. The van der Waals surface area contributed by atoms with Crippen molar-refractivity contribution >= 4 is 17.1 Å². The van der Waals surface area contributed by atoms with Gasteiger partial charge in [0.2, 0.25) is 0 Å². The number of nitro groups is 1. The number of rotatable bonds is 14. The molecule has 0 aliphatic carbocycles. The summed E-state index contributed by atoms with van der Waals surface area (Å²) in [7, 11) is 0. The molecule has 0 aromatic heterocycles. The summed E-state index contributed by atoms with van der Waals surface area (Å²) in [6, 6.07) is 13.9. The van der Waals surface area contributed by atoms with E-state index in [2.05, 4.69) is 27.3 Å². The molecule has 0 saturated carbocycles. The van der Waals surface area contributed by atoms with Crippen LogP contribution in [0.5, 0.6) is 0 Å². The molecule has 0 aliphatic rings. The summed E-state index contributed by atoms with van der Waals surface area (Å²) in [6.07, 6.45) is 5.48. The second kappa shape index (κ2) is 13.5. The number of non-ortho nitro benzene ring substituents is 1. The van der Waals surface area contributed by atoms with E-state index in [-0.39, 0.29) is 18.9 Å². The molecule has 0 amide bonds. The molecule has 0 atom stereocenters. The van der Waals surface area contributed by atoms with Crippen molar-refractivity contribution in [2.24, 2.45) is 10.2 Å². The van der Waals surface area contributed by atoms with Gasteiger partial charge in [0.05, 0.1) is 29.5 Å². The molecule has 0 bridgehead atoms. The van der Waals surface area contributed by atoms with Crippen LogP contribution in [-0.2, 0) is 6.42 Å². The van der Waals surface area contributed by atoms with Crippen LogP contribution in [0.25, 0.3) is 0 Å². The van der Waals surface area contributed by atoms with Gasteiger partial charge in [0.15, 0.2) is 0 Å². The molecule has 0 fully saturated rings. The second-order valence-corrected chi connectivity index (χ2v) is 7.09. The van der Waals surface area contributed by atoms with E-state index in [0.29, 0.717) is 18.8 Å². The van der Waals surface area contributed by atoms with Gasteiger partial charge in [-0.15, -0.1) is 0 Å². The van der Waals surface area contributed by atoms with E-state index in [4.69, 9.17) is 10.2 Å². The Hall–Kier alpha value is -2.68. The molecular formula is C22H30N4O4. The summed E-state index contributed by atoms with van der Waals surface area (Å²) >= 11 is 0. The third-order valence-electron chi connectivity index (χ3n) is 4.80. The number of azo groups is 1. The second-order valence-electron chi connectivity index (χ2n) is 7.09. The number of aliphatic hydroxyl groups is 2. The fraction of sp³-hybridized carbons (Fsp3) is 0.455. The first kappa shape index (κ1) is 23.6. The van der Waals surface area contributed by atoms with Crippen LogP contribution >= 0.6 is 0 Å². The molecule has 8 nitrogen and oxygen atoms in total. The fourth-order valence-corrected chi connectivity index (χ4v) is 3.12. The third kappa shape index (κ3) is 8.77. The maximum Gasteiger partial charge on any atom is 0.269 e. The topological polar surface area (TPSA) is 112 Å². The highest BCUT2D eigenvalue weighted by molar-refractivity contribution is 5.45. The molecule has 2 aromatic carbocycles. The van der Waals surface area contributed by atoms with Crippen LogP contribution in [-0.4, -0.2) is 52.9 Å². The van der Waals surface area contributed by atoms with Crippen molar-refractivity contribution in [3.05, 3.63) is 64.2 Å². The Morgan fingerprint density at radius 2 is 1.30 bits per heavy atom. The molecule has 8 heteroatoms. The first-order valence-corrected chi connectivity index (χ1v) is 10.3. The van der Waals surface area contributed by atoms with Crippen LogP contribution in [0.2, 0.25) is 0 Å². The van der Waals surface area contributed by atoms with Gasteiger partial charge in [-0.25, -0.2) is 0 Å². The fourth-order valence-electron chi connectivity index (χ4n) is 3.12. The lowest BCUT2D eigenvalue weighted by Gasteiger charge is -2.19. The molecular weight excluding hydrogens is 384 g/mol. The summed E-state index contributed by atoms with van der Waals surface area (Å²) in [5.74, 6) is 0. The monoisotopic (exact) mass is 414 g/mol. The number of aryl methyl sites for hydroxylation is 1. The number of unbranched alkanes of at least 4 members (excludes halogenated alkanes) is 3. The summed E-state index contributed by atoms with van der Waals surface area (Å²) < 4.78 is 0. The van der Waals surface area contributed by atoms with Crippen LogP contribution in [0.4, 0.5) is 17.1 Å². The molecule has 0 unspecified atom stereocenters. The Balaban J connectivity index is 1.68. The Morgan fingerprint density at radius 3 is 1.83 bits per heavy atom. The number of aliphatic hydroxyl groups excluding tert-OH is 2. The summed E-state index contributed by atoms with van der Waals surface area (Å²) in [4.78, 5) is 12.3. The van der Waals surface area contributed by atoms with E-state index >= 15 is 0 Å². The van der Waals surface area contributed by atoms with E-state index in [1.807, 2.05) is 12.1 Å². The molecule has 2 aromatic rings. The lowest BCUT2D eigenvalue weighted by molar-refractivity contribution is -0.384. The number of nitrogens with zero attached hydrogens (tertiary/aromatic N) is 4. The van der Waals surface area contributed by atoms with E-state index in [1.54, 1.807) is 12.1 Å². The van der Waals surface area contributed by atoms with Gasteiger partial charge >= 0.3 is 0 Å². The molecule has 0 heterocycles. The van der Waals surface area contributed by atoms with Crippen molar-refractivity contribution in [2.75, 3.05) is 32.8 Å². The van der Waals surface area contributed by atoms with Gasteiger partial charge in [0.25, 0.3) is 5.69 Å². The van der Waals surface area contributed by atoms with Crippen LogP contribution in [0, 0.1) is 10.1 Å². The van der Waals surface area contributed by atoms with Crippen molar-refractivity contribution in [3.63, 3.8) is 0 Å². The maximum absolute atomic E-state index is 10.7. The lowest BCUT2D eigenvalue weighted by atomic mass is 10.1. The van der Waals surface area contributed by atoms with Gasteiger partial charge in [-0.2, -0.15) is 10.2 Å². The van der Waals surface area contributed by atoms with Gasteiger partial charge in [0.1, 0.15) is 0 Å². The largest absolute Gasteiger partial charge is 0.395 e. The van der Waals surface area contributed by atoms with Crippen LogP contribution < -0.4 is 0 Å². The summed E-state index contributed by atoms with van der Waals surface area (Å²) in [6.45, 7) is 2.41. The Kier molecular flexibility index (Phi) is 10.6. The van der Waals surface area contributed by atoms with Crippen molar-refractivity contribution in [3.8, 4) is 0 Å². The minimum Gasteiger partial charge on any atom is -0.395 e. The van der Waals surface area contributed by atoms with E-state index in [9.17, 15) is 10.1 Å². The zero-order valence-corrected chi connectivity index (χ0v) is 17.2. The number of hydrogen-bond donors (Lipinski definition) is 2. The number of benzene rings is 2. The molecule has 2 N–H and O–H groups in total. The quantitative estimate of drug-likeness (QED) is 0.206. The molecule has 0 radical (unpaired) electrons. The van der Waals surface area contributed by atoms with Crippen molar-refractivity contribution in [1.29, 1.82) is 0 Å². The smallest absolute Gasteiger partial charge is 0.269 e. The average Bonchev–Trinajstić information content (AvgIpc) is 2.76. The van der Waals surface area contributed by atoms with Crippen molar-refractivity contribution < 1.29 is 15.1 Å². The highest BCUT2D eigenvalue weighted by Gasteiger charge is 2.04. The van der Waals surface area contributed by atoms with Gasteiger partial charge in [0, 0.05) is 25.2 Å². The highest BCUT2D eigenvalue weighted by Crippen LogP contribution is 2.22. The molecule has 0 spiro atoms. The number of nitro benzene ring substituents is 1. The normalized spacial score (nSPS) is 11.4. The van der Waals surface area contributed by atoms with Gasteiger partial charge in [-0.3, -0.25) is 15.0 Å². The van der Waals surface area contributed by atoms with E-state index in [1.165, 1.54) is 17.7 Å². The summed E-state index contributed by atoms with van der Waals surface area (Å²) in [5, 5.41) is 37.0. The highest BCUT2D eigenvalue weighted by atomic mass is 16.6. The maximum atomic E-state index is 10.7. The van der Waals surface area contributed by atoms with Gasteiger partial charge < -0.3 is 10.2 Å². The standard InChI is InChI=1S/C22H30N4O4/c27-17-15-25(16-18-28)14-4-2-1-3-5-19-6-8-20(9-7-19)23-24-21-10-12-22(13-11-21)26(29)30/h6-13,27-28H,1-5,14-18H2. The zero-order chi connectivity index (χ0) is 21.6. The number of hydrogen-bond acceptors (Lipinski definition) is 7. The van der Waals surface area contributed by atoms with Gasteiger partial charge in [-0.1, -0.05) is 25.0 Å². The molecule has 2 rings (SSSR count). The molecule has 30 heavy (non-hydrogen) atoms. The Labute approximate surface area is 177 Å². The minimum absolute atomic E-state index is 0.0333. The van der Waals surface area contributed by atoms with Crippen LogP contribution in [0.1, 0.15) is 31.2 Å². The SMILES string of the molecule is O=[N+]([O-])c1ccc(N=Nc2ccc(CCCCCCN(CCO)CCO)cc2)cc1. The Morgan fingerprint density at radius 1 is 0.767 bits per heavy atom. The predicted octanol–water partition coefficient (Wildman–Crippen LogP) is 4.40. The molecule has 162 valence electrons. The lowest BCUT2D eigenvalue weighted by Crippen LogP contribution is -2.30. The van der Waals surface area contributed by atoms with Crippen LogP contribution in [0.3, 0.4) is 0 Å². The van der Waals surface area contributed by atoms with Crippen molar-refractivity contribution in [1.82, 2.24) is 4.90 Å². The Bertz CT molecular complexity index is 773. The summed E-state index contributed by atoms with van der Waals surface area (Å²) in [5.41, 5.74) is 2.60. The van der Waals surface area contributed by atoms with Crippen LogP contribution in [0.15, 0.2) is 58.8 Å². The van der Waals surface area contributed by atoms with E-state index < -0.39 is 4.92 Å². The third-order valence-corrected chi connectivity index (χ3v) is 4.80. The van der Waals surface area contributed by atoms with E-state index in [0.717, 1.165) is 44.3 Å².